The Morgan fingerprint density at radius 1 is 0.886 bits per heavy atom. The SMILES string of the molecule is COc1ccccc1NC(=O)Nc1nc(NCCC(=O)O)nc(Oc2ccc3ccccc3c2)n1. The van der Waals surface area contributed by atoms with Gasteiger partial charge in [0.15, 0.2) is 0 Å². The average Bonchev–Trinajstić information content (AvgIpc) is 2.84. The first-order valence-corrected chi connectivity index (χ1v) is 10.6. The van der Waals surface area contributed by atoms with Gasteiger partial charge in [0.05, 0.1) is 19.2 Å². The number of para-hydroxylation sites is 2. The smallest absolute Gasteiger partial charge is 0.328 e. The lowest BCUT2D eigenvalue weighted by Crippen LogP contribution is -2.22. The second-order valence-electron chi connectivity index (χ2n) is 7.23. The Morgan fingerprint density at radius 3 is 2.43 bits per heavy atom. The molecule has 11 nitrogen and oxygen atoms in total. The number of nitrogens with one attached hydrogen (secondary N) is 3. The number of hydrogen-bond donors (Lipinski definition) is 4. The fraction of sp³-hybridized carbons (Fsp3) is 0.125. The lowest BCUT2D eigenvalue weighted by Gasteiger charge is -2.12. The molecule has 1 heterocycles. The third-order valence-electron chi connectivity index (χ3n) is 4.75. The molecular weight excluding hydrogens is 452 g/mol. The predicted molar refractivity (Wildman–Crippen MR) is 130 cm³/mol. The number of carbonyl (C=O) groups is 2. The van der Waals surface area contributed by atoms with Crippen LogP contribution in [0.4, 0.5) is 22.4 Å². The quantitative estimate of drug-likeness (QED) is 0.278. The number of aromatic nitrogens is 3. The third-order valence-corrected chi connectivity index (χ3v) is 4.75. The number of anilines is 3. The van der Waals surface area contributed by atoms with Crippen molar-refractivity contribution >= 4 is 40.4 Å². The molecule has 0 fully saturated rings. The molecule has 11 heteroatoms. The standard InChI is InChI=1S/C24H22N6O5/c1-34-19-9-5-4-8-18(19)26-23(33)28-22-27-21(25-13-12-20(31)32)29-24(30-22)35-17-11-10-15-6-2-3-7-16(15)14-17/h2-11,14H,12-13H2,1H3,(H,31,32)(H3,25,26,27,28,29,30,33). The van der Waals surface area contributed by atoms with Gasteiger partial charge in [-0.3, -0.25) is 10.1 Å². The second-order valence-corrected chi connectivity index (χ2v) is 7.23. The van der Waals surface area contributed by atoms with E-state index in [-0.39, 0.29) is 30.9 Å². The first-order chi connectivity index (χ1) is 17.0. The minimum Gasteiger partial charge on any atom is -0.495 e. The first-order valence-electron chi connectivity index (χ1n) is 10.6. The Kier molecular flexibility index (Phi) is 7.16. The second kappa shape index (κ2) is 10.8. The van der Waals surface area contributed by atoms with Crippen LogP contribution in [-0.4, -0.2) is 45.7 Å². The summed E-state index contributed by atoms with van der Waals surface area (Å²) in [5.74, 6) is -0.0650. The molecule has 3 aromatic carbocycles. The number of rotatable bonds is 9. The molecule has 0 unspecified atom stereocenters. The van der Waals surface area contributed by atoms with Gasteiger partial charge in [0.1, 0.15) is 11.5 Å². The number of carboxylic acids is 1. The van der Waals surface area contributed by atoms with E-state index in [1.807, 2.05) is 36.4 Å². The zero-order chi connectivity index (χ0) is 24.6. The maximum Gasteiger partial charge on any atom is 0.328 e. The van der Waals surface area contributed by atoms with Crippen LogP contribution in [0.5, 0.6) is 17.5 Å². The van der Waals surface area contributed by atoms with Gasteiger partial charge in [-0.15, -0.1) is 0 Å². The molecule has 0 saturated carbocycles. The molecule has 0 aliphatic rings. The number of nitrogens with zero attached hydrogens (tertiary/aromatic N) is 3. The van der Waals surface area contributed by atoms with Crippen LogP contribution in [0.15, 0.2) is 66.7 Å². The Hall–Kier alpha value is -4.93. The van der Waals surface area contributed by atoms with Crippen LogP contribution in [0.1, 0.15) is 6.42 Å². The molecule has 35 heavy (non-hydrogen) atoms. The summed E-state index contributed by atoms with van der Waals surface area (Å²) in [5.41, 5.74) is 0.453. The van der Waals surface area contributed by atoms with Crippen molar-refractivity contribution in [1.29, 1.82) is 0 Å². The molecule has 0 spiro atoms. The number of fused-ring (bicyclic) bond motifs is 1. The number of aliphatic carboxylic acids is 1. The topological polar surface area (TPSA) is 148 Å². The van der Waals surface area contributed by atoms with Crippen LogP contribution in [0.3, 0.4) is 0 Å². The molecule has 0 bridgehead atoms. The van der Waals surface area contributed by atoms with Gasteiger partial charge in [-0.05, 0) is 35.0 Å². The molecule has 4 N–H and O–H groups in total. The van der Waals surface area contributed by atoms with E-state index in [0.29, 0.717) is 17.2 Å². The van der Waals surface area contributed by atoms with Crippen LogP contribution >= 0.6 is 0 Å². The monoisotopic (exact) mass is 474 g/mol. The Labute approximate surface area is 200 Å². The number of carboxylic acid groups (broad SMARTS) is 1. The summed E-state index contributed by atoms with van der Waals surface area (Å²) < 4.78 is 11.1. The number of benzene rings is 3. The number of methoxy groups -OCH3 is 1. The highest BCUT2D eigenvalue weighted by Crippen LogP contribution is 2.26. The van der Waals surface area contributed by atoms with Gasteiger partial charge in [-0.1, -0.05) is 42.5 Å². The third kappa shape index (κ3) is 6.32. The highest BCUT2D eigenvalue weighted by Gasteiger charge is 2.13. The summed E-state index contributed by atoms with van der Waals surface area (Å²) in [7, 11) is 1.50. The largest absolute Gasteiger partial charge is 0.495 e. The zero-order valence-corrected chi connectivity index (χ0v) is 18.7. The minimum absolute atomic E-state index is 0.0460. The van der Waals surface area contributed by atoms with Gasteiger partial charge in [0.2, 0.25) is 11.9 Å². The lowest BCUT2D eigenvalue weighted by molar-refractivity contribution is -0.136. The zero-order valence-electron chi connectivity index (χ0n) is 18.7. The molecular formula is C24H22N6O5. The molecule has 4 rings (SSSR count). The fourth-order valence-electron chi connectivity index (χ4n) is 3.16. The van der Waals surface area contributed by atoms with E-state index in [2.05, 4.69) is 30.9 Å². The summed E-state index contributed by atoms with van der Waals surface area (Å²) in [6.07, 6.45) is -0.149. The van der Waals surface area contributed by atoms with Crippen molar-refractivity contribution in [3.8, 4) is 17.5 Å². The van der Waals surface area contributed by atoms with E-state index in [9.17, 15) is 9.59 Å². The van der Waals surface area contributed by atoms with Crippen LogP contribution in [0, 0.1) is 0 Å². The van der Waals surface area contributed by atoms with Crippen molar-refractivity contribution in [2.45, 2.75) is 6.42 Å². The highest BCUT2D eigenvalue weighted by atomic mass is 16.5. The van der Waals surface area contributed by atoms with E-state index < -0.39 is 12.0 Å². The molecule has 0 radical (unpaired) electrons. The lowest BCUT2D eigenvalue weighted by atomic mass is 10.1. The summed E-state index contributed by atoms with van der Waals surface area (Å²) in [4.78, 5) is 35.9. The molecule has 0 saturated heterocycles. The van der Waals surface area contributed by atoms with Crippen LogP contribution in [-0.2, 0) is 4.79 Å². The number of ether oxygens (including phenoxy) is 2. The normalized spacial score (nSPS) is 10.4. The van der Waals surface area contributed by atoms with Gasteiger partial charge in [-0.25, -0.2) is 4.79 Å². The molecule has 2 amide bonds. The molecule has 4 aromatic rings. The first kappa shape index (κ1) is 23.2. The summed E-state index contributed by atoms with van der Waals surface area (Å²) in [6, 6.07) is 19.5. The van der Waals surface area contributed by atoms with E-state index >= 15 is 0 Å². The van der Waals surface area contributed by atoms with Gasteiger partial charge in [0, 0.05) is 6.54 Å². The van der Waals surface area contributed by atoms with Crippen molar-refractivity contribution in [3.63, 3.8) is 0 Å². The van der Waals surface area contributed by atoms with Gasteiger partial charge < -0.3 is 25.2 Å². The fourth-order valence-corrected chi connectivity index (χ4v) is 3.16. The van der Waals surface area contributed by atoms with Crippen LogP contribution in [0.2, 0.25) is 0 Å². The van der Waals surface area contributed by atoms with Gasteiger partial charge in [0.25, 0.3) is 0 Å². The van der Waals surface area contributed by atoms with E-state index in [1.165, 1.54) is 7.11 Å². The molecule has 1 aromatic heterocycles. The van der Waals surface area contributed by atoms with Crippen molar-refractivity contribution in [2.24, 2.45) is 0 Å². The van der Waals surface area contributed by atoms with Crippen LogP contribution in [0.25, 0.3) is 10.8 Å². The molecule has 0 aliphatic heterocycles. The average molecular weight is 474 g/mol. The summed E-state index contributed by atoms with van der Waals surface area (Å²) in [6.45, 7) is 0.0710. The number of amides is 2. The van der Waals surface area contributed by atoms with Crippen molar-refractivity contribution in [2.75, 3.05) is 29.6 Å². The van der Waals surface area contributed by atoms with E-state index in [1.54, 1.807) is 30.3 Å². The van der Waals surface area contributed by atoms with Crippen molar-refractivity contribution < 1.29 is 24.2 Å². The molecule has 0 atom stereocenters. The number of hydrogen-bond acceptors (Lipinski definition) is 8. The Morgan fingerprint density at radius 2 is 1.63 bits per heavy atom. The van der Waals surface area contributed by atoms with Gasteiger partial charge >= 0.3 is 18.0 Å². The predicted octanol–water partition coefficient (Wildman–Crippen LogP) is 4.36. The maximum absolute atomic E-state index is 12.6. The number of urea groups is 1. The minimum atomic E-state index is -0.978. The summed E-state index contributed by atoms with van der Waals surface area (Å²) in [5, 5.41) is 18.9. The van der Waals surface area contributed by atoms with Crippen molar-refractivity contribution in [3.05, 3.63) is 66.7 Å². The van der Waals surface area contributed by atoms with Gasteiger partial charge in [-0.2, -0.15) is 15.0 Å². The summed E-state index contributed by atoms with van der Waals surface area (Å²) >= 11 is 0. The van der Waals surface area contributed by atoms with Crippen LogP contribution < -0.4 is 25.4 Å². The molecule has 178 valence electrons. The molecule has 0 aliphatic carbocycles. The van der Waals surface area contributed by atoms with Crippen molar-refractivity contribution in [1.82, 2.24) is 15.0 Å². The van der Waals surface area contributed by atoms with E-state index in [0.717, 1.165) is 10.8 Å². The number of carbonyl (C=O) groups excluding carboxylic acids is 1. The van der Waals surface area contributed by atoms with E-state index in [4.69, 9.17) is 14.6 Å². The highest BCUT2D eigenvalue weighted by molar-refractivity contribution is 5.99. The maximum atomic E-state index is 12.6. The Balaban J connectivity index is 1.55. The Bertz CT molecular complexity index is 1360.